The highest BCUT2D eigenvalue weighted by molar-refractivity contribution is 5.85. The molecule has 2 N–H and O–H groups in total. The maximum absolute atomic E-state index is 13.6. The van der Waals surface area contributed by atoms with E-state index in [1.807, 2.05) is 5.32 Å². The molecule has 1 saturated heterocycles. The highest BCUT2D eigenvalue weighted by Gasteiger charge is 2.47. The molecule has 1 heterocycles. The number of carbonyl (C=O) groups excluding carboxylic acids is 1. The van der Waals surface area contributed by atoms with Crippen molar-refractivity contribution in [3.05, 3.63) is 23.8 Å². The lowest BCUT2D eigenvalue weighted by molar-refractivity contribution is -0.104. The van der Waals surface area contributed by atoms with Crippen LogP contribution in [0.4, 0.5) is 13.6 Å². The van der Waals surface area contributed by atoms with Crippen molar-refractivity contribution in [2.75, 3.05) is 13.7 Å². The second kappa shape index (κ2) is 5.48. The molecular formula is C11H12ClF2NO4. The van der Waals surface area contributed by atoms with Crippen LogP contribution in [-0.4, -0.2) is 30.8 Å². The number of cyclic esters (lactones) is 1. The predicted octanol–water partition coefficient (Wildman–Crippen LogP) is 2.24. The van der Waals surface area contributed by atoms with E-state index in [4.69, 9.17) is 4.74 Å². The molecule has 19 heavy (non-hydrogen) atoms. The summed E-state index contributed by atoms with van der Waals surface area (Å²) in [5.74, 6) is -3.33. The summed E-state index contributed by atoms with van der Waals surface area (Å²) in [6.45, 7) is -1.02. The number of phenols is 1. The number of rotatable bonds is 2. The molecule has 0 spiro atoms. The summed E-state index contributed by atoms with van der Waals surface area (Å²) in [7, 11) is 1.39. The Morgan fingerprint density at radius 3 is 2.79 bits per heavy atom. The average Bonchev–Trinajstić information content (AvgIpc) is 2.32. The predicted molar refractivity (Wildman–Crippen MR) is 64.1 cm³/mol. The van der Waals surface area contributed by atoms with Crippen LogP contribution in [0.15, 0.2) is 18.2 Å². The summed E-state index contributed by atoms with van der Waals surface area (Å²) in [6, 6.07) is 2.28. The maximum Gasteiger partial charge on any atom is 0.408 e. The normalized spacial score (nSPS) is 20.8. The zero-order chi connectivity index (χ0) is 13.3. The van der Waals surface area contributed by atoms with Crippen molar-refractivity contribution in [1.82, 2.24) is 5.32 Å². The van der Waals surface area contributed by atoms with Crippen LogP contribution in [0.5, 0.6) is 11.5 Å². The lowest BCUT2D eigenvalue weighted by Gasteiger charge is -2.32. The Bertz CT molecular complexity index is 484. The van der Waals surface area contributed by atoms with Gasteiger partial charge in [-0.05, 0) is 12.1 Å². The van der Waals surface area contributed by atoms with Gasteiger partial charge in [-0.2, -0.15) is 0 Å². The first-order chi connectivity index (χ1) is 8.44. The van der Waals surface area contributed by atoms with Gasteiger partial charge in [-0.15, -0.1) is 12.4 Å². The number of halogens is 3. The molecule has 1 aliphatic rings. The summed E-state index contributed by atoms with van der Waals surface area (Å²) < 4.78 is 36.3. The minimum absolute atomic E-state index is 0. The number of hydrogen-bond acceptors (Lipinski definition) is 4. The number of benzene rings is 1. The van der Waals surface area contributed by atoms with E-state index in [0.717, 1.165) is 0 Å². The third-order valence-electron chi connectivity index (χ3n) is 2.63. The minimum atomic E-state index is -3.29. The molecule has 8 heteroatoms. The standard InChI is InChI=1S/C11H11F2NO4.ClH/c1-17-6-2-3-7(8(15)4-6)9-11(12,13)5-18-10(16)14-9;/h2-4,9,15H,5H2,1H3,(H,14,16);1H/t9-;/m0./s1. The summed E-state index contributed by atoms with van der Waals surface area (Å²) in [5.41, 5.74) is -0.0857. The maximum atomic E-state index is 13.6. The third-order valence-corrected chi connectivity index (χ3v) is 2.63. The van der Waals surface area contributed by atoms with Crippen molar-refractivity contribution in [3.63, 3.8) is 0 Å². The second-order valence-electron chi connectivity index (χ2n) is 3.84. The fourth-order valence-electron chi connectivity index (χ4n) is 1.71. The van der Waals surface area contributed by atoms with E-state index < -0.39 is 24.7 Å². The zero-order valence-corrected chi connectivity index (χ0v) is 10.7. The highest BCUT2D eigenvalue weighted by Crippen LogP contribution is 2.39. The van der Waals surface area contributed by atoms with Gasteiger partial charge in [0, 0.05) is 11.6 Å². The number of phenolic OH excluding ortho intramolecular Hbond substituents is 1. The number of methoxy groups -OCH3 is 1. The van der Waals surface area contributed by atoms with Crippen LogP contribution in [0.25, 0.3) is 0 Å². The van der Waals surface area contributed by atoms with Crippen LogP contribution in [0.3, 0.4) is 0 Å². The number of amides is 1. The van der Waals surface area contributed by atoms with Gasteiger partial charge in [0.2, 0.25) is 0 Å². The molecule has 0 radical (unpaired) electrons. The van der Waals surface area contributed by atoms with E-state index in [1.54, 1.807) is 0 Å². The first-order valence-electron chi connectivity index (χ1n) is 5.12. The number of nitrogens with one attached hydrogen (secondary N) is 1. The van der Waals surface area contributed by atoms with Gasteiger partial charge >= 0.3 is 12.0 Å². The number of hydrogen-bond donors (Lipinski definition) is 2. The van der Waals surface area contributed by atoms with Gasteiger partial charge in [0.25, 0.3) is 0 Å². The Balaban J connectivity index is 0.00000180. The number of ether oxygens (including phenoxy) is 2. The number of alkyl carbamates (subject to hydrolysis) is 1. The smallest absolute Gasteiger partial charge is 0.408 e. The zero-order valence-electron chi connectivity index (χ0n) is 9.85. The molecule has 1 aromatic rings. The molecule has 1 aliphatic heterocycles. The molecule has 1 atom stereocenters. The van der Waals surface area contributed by atoms with Gasteiger partial charge < -0.3 is 19.9 Å². The molecule has 1 aromatic carbocycles. The van der Waals surface area contributed by atoms with Crippen LogP contribution in [0.2, 0.25) is 0 Å². The Morgan fingerprint density at radius 2 is 2.21 bits per heavy atom. The van der Waals surface area contributed by atoms with Gasteiger partial charge in [-0.25, -0.2) is 13.6 Å². The molecule has 0 unspecified atom stereocenters. The van der Waals surface area contributed by atoms with Gasteiger partial charge in [-0.3, -0.25) is 0 Å². The van der Waals surface area contributed by atoms with Crippen molar-refractivity contribution < 1.29 is 28.2 Å². The van der Waals surface area contributed by atoms with Crippen LogP contribution in [0, 0.1) is 0 Å². The number of alkyl halides is 2. The molecule has 2 rings (SSSR count). The first kappa shape index (κ1) is 15.3. The van der Waals surface area contributed by atoms with E-state index in [0.29, 0.717) is 5.75 Å². The minimum Gasteiger partial charge on any atom is -0.507 e. The number of aromatic hydroxyl groups is 1. The van der Waals surface area contributed by atoms with Gasteiger partial charge in [-0.1, -0.05) is 0 Å². The first-order valence-corrected chi connectivity index (χ1v) is 5.12. The van der Waals surface area contributed by atoms with Crippen molar-refractivity contribution in [1.29, 1.82) is 0 Å². The van der Waals surface area contributed by atoms with Crippen LogP contribution in [-0.2, 0) is 4.74 Å². The van der Waals surface area contributed by atoms with E-state index in [2.05, 4.69) is 4.74 Å². The molecule has 106 valence electrons. The number of carbonyl (C=O) groups is 1. The van der Waals surface area contributed by atoms with Crippen molar-refractivity contribution >= 4 is 18.5 Å². The van der Waals surface area contributed by atoms with E-state index >= 15 is 0 Å². The van der Waals surface area contributed by atoms with Crippen LogP contribution >= 0.6 is 12.4 Å². The van der Waals surface area contributed by atoms with Crippen molar-refractivity contribution in [3.8, 4) is 11.5 Å². The second-order valence-corrected chi connectivity index (χ2v) is 3.84. The van der Waals surface area contributed by atoms with Crippen molar-refractivity contribution in [2.45, 2.75) is 12.0 Å². The summed E-state index contributed by atoms with van der Waals surface area (Å²) >= 11 is 0. The Morgan fingerprint density at radius 1 is 1.53 bits per heavy atom. The lowest BCUT2D eigenvalue weighted by Crippen LogP contribution is -2.49. The quantitative estimate of drug-likeness (QED) is 0.878. The molecule has 0 bridgehead atoms. The van der Waals surface area contributed by atoms with E-state index in [-0.39, 0.29) is 23.7 Å². The topological polar surface area (TPSA) is 67.8 Å². The average molecular weight is 296 g/mol. The fraction of sp³-hybridized carbons (Fsp3) is 0.364. The Hall–Kier alpha value is -1.76. The molecule has 0 saturated carbocycles. The molecule has 0 aliphatic carbocycles. The fourth-order valence-corrected chi connectivity index (χ4v) is 1.71. The van der Waals surface area contributed by atoms with E-state index in [1.165, 1.54) is 25.3 Å². The van der Waals surface area contributed by atoms with Crippen molar-refractivity contribution in [2.24, 2.45) is 0 Å². The summed E-state index contributed by atoms with van der Waals surface area (Å²) in [4.78, 5) is 11.0. The highest BCUT2D eigenvalue weighted by atomic mass is 35.5. The molecule has 0 aromatic heterocycles. The lowest BCUT2D eigenvalue weighted by atomic mass is 9.99. The Labute approximate surface area is 113 Å². The molecule has 1 fully saturated rings. The van der Waals surface area contributed by atoms with Gasteiger partial charge in [0.05, 0.1) is 7.11 Å². The third kappa shape index (κ3) is 2.98. The van der Waals surface area contributed by atoms with Crippen LogP contribution < -0.4 is 10.1 Å². The summed E-state index contributed by atoms with van der Waals surface area (Å²) in [6.07, 6.45) is -0.943. The van der Waals surface area contributed by atoms with Gasteiger partial charge in [0.15, 0.2) is 6.61 Å². The molecule has 5 nitrogen and oxygen atoms in total. The van der Waals surface area contributed by atoms with Gasteiger partial charge in [0.1, 0.15) is 17.5 Å². The molecule has 1 amide bonds. The largest absolute Gasteiger partial charge is 0.507 e. The monoisotopic (exact) mass is 295 g/mol. The van der Waals surface area contributed by atoms with E-state index in [9.17, 15) is 18.7 Å². The Kier molecular flexibility index (Phi) is 4.41. The summed E-state index contributed by atoms with van der Waals surface area (Å²) in [5, 5.41) is 11.7. The molecular weight excluding hydrogens is 284 g/mol. The van der Waals surface area contributed by atoms with Crippen LogP contribution in [0.1, 0.15) is 11.6 Å². The SMILES string of the molecule is COc1ccc([C@@H]2NC(=O)OCC2(F)F)c(O)c1.Cl.